The van der Waals surface area contributed by atoms with Crippen LogP contribution in [0.15, 0.2) is 108 Å². The number of rotatable bonds is 9. The van der Waals surface area contributed by atoms with Gasteiger partial charge in [-0.1, -0.05) is 72.3 Å². The van der Waals surface area contributed by atoms with Crippen LogP contribution in [0.4, 0.5) is 5.69 Å². The maximum Gasteiger partial charge on any atom is 0.255 e. The summed E-state index contributed by atoms with van der Waals surface area (Å²) in [4.78, 5) is 26.8. The number of anilines is 1. The number of nitrogens with one attached hydrogen (secondary N) is 2. The summed E-state index contributed by atoms with van der Waals surface area (Å²) in [6, 6.07) is 33.1. The number of hydrogen-bond donors (Lipinski definition) is 2. The maximum atomic E-state index is 12.9. The normalized spacial score (nSPS) is 10.5. The number of carbonyl (C=O) groups is 2. The molecule has 2 amide bonds. The number of amides is 2. The predicted molar refractivity (Wildman–Crippen MR) is 144 cm³/mol. The molecular weight excluding hydrogens is 452 g/mol. The molecule has 35 heavy (non-hydrogen) atoms. The van der Waals surface area contributed by atoms with Crippen molar-refractivity contribution in [2.75, 3.05) is 11.9 Å². The van der Waals surface area contributed by atoms with Gasteiger partial charge in [0.1, 0.15) is 0 Å². The average molecular weight is 481 g/mol. The summed E-state index contributed by atoms with van der Waals surface area (Å²) in [5.74, 6) is 0.379. The van der Waals surface area contributed by atoms with Crippen molar-refractivity contribution in [2.24, 2.45) is 0 Å². The van der Waals surface area contributed by atoms with E-state index in [1.807, 2.05) is 60.7 Å². The second-order valence-corrected chi connectivity index (χ2v) is 9.34. The SMILES string of the molecule is Cc1ccc(SCc2ccc(C(=O)Nc3ccccc3C(=O)NCCc3ccccc3)cc2)cc1. The van der Waals surface area contributed by atoms with Crippen molar-refractivity contribution in [3.8, 4) is 0 Å². The number of para-hydroxylation sites is 1. The molecule has 0 unspecified atom stereocenters. The van der Waals surface area contributed by atoms with Gasteiger partial charge in [-0.05, 0) is 60.9 Å². The topological polar surface area (TPSA) is 58.2 Å². The van der Waals surface area contributed by atoms with E-state index in [9.17, 15) is 9.59 Å². The Morgan fingerprint density at radius 1 is 0.714 bits per heavy atom. The molecule has 0 radical (unpaired) electrons. The molecule has 0 spiro atoms. The summed E-state index contributed by atoms with van der Waals surface area (Å²) < 4.78 is 0. The van der Waals surface area contributed by atoms with E-state index in [4.69, 9.17) is 0 Å². The summed E-state index contributed by atoms with van der Waals surface area (Å²) in [5, 5.41) is 5.84. The lowest BCUT2D eigenvalue weighted by atomic mass is 10.1. The van der Waals surface area contributed by atoms with Gasteiger partial charge in [0.2, 0.25) is 0 Å². The molecule has 0 aliphatic rings. The maximum absolute atomic E-state index is 12.9. The van der Waals surface area contributed by atoms with Crippen molar-refractivity contribution in [3.63, 3.8) is 0 Å². The third-order valence-electron chi connectivity index (χ3n) is 5.60. The first-order valence-corrected chi connectivity index (χ1v) is 12.6. The minimum atomic E-state index is -0.243. The molecule has 0 atom stereocenters. The molecule has 5 heteroatoms. The van der Waals surface area contributed by atoms with Crippen LogP contribution in [0.5, 0.6) is 0 Å². The van der Waals surface area contributed by atoms with Crippen LogP contribution in [0, 0.1) is 6.92 Å². The highest BCUT2D eigenvalue weighted by molar-refractivity contribution is 7.98. The van der Waals surface area contributed by atoms with Crippen molar-refractivity contribution < 1.29 is 9.59 Å². The first-order valence-electron chi connectivity index (χ1n) is 11.6. The highest BCUT2D eigenvalue weighted by atomic mass is 32.2. The molecular formula is C30H28N2O2S. The van der Waals surface area contributed by atoms with E-state index in [1.165, 1.54) is 10.5 Å². The second kappa shape index (κ2) is 12.0. The first-order chi connectivity index (χ1) is 17.1. The van der Waals surface area contributed by atoms with Crippen LogP contribution >= 0.6 is 11.8 Å². The van der Waals surface area contributed by atoms with Crippen molar-refractivity contribution >= 4 is 29.3 Å². The molecule has 4 aromatic carbocycles. The zero-order valence-electron chi connectivity index (χ0n) is 19.7. The van der Waals surface area contributed by atoms with Crippen molar-refractivity contribution in [1.82, 2.24) is 5.32 Å². The predicted octanol–water partition coefficient (Wildman–Crippen LogP) is 6.51. The van der Waals surface area contributed by atoms with Crippen LogP contribution in [-0.4, -0.2) is 18.4 Å². The fraction of sp³-hybridized carbons (Fsp3) is 0.133. The molecule has 176 valence electrons. The molecule has 0 heterocycles. The van der Waals surface area contributed by atoms with E-state index in [0.29, 0.717) is 23.4 Å². The molecule has 4 rings (SSSR count). The lowest BCUT2D eigenvalue weighted by Crippen LogP contribution is -2.27. The Morgan fingerprint density at radius 2 is 1.40 bits per heavy atom. The fourth-order valence-electron chi connectivity index (χ4n) is 3.60. The van der Waals surface area contributed by atoms with Crippen LogP contribution in [0.3, 0.4) is 0 Å². The Kier molecular flexibility index (Phi) is 8.36. The molecule has 0 saturated carbocycles. The van der Waals surface area contributed by atoms with Crippen LogP contribution < -0.4 is 10.6 Å². The van der Waals surface area contributed by atoms with E-state index in [-0.39, 0.29) is 11.8 Å². The lowest BCUT2D eigenvalue weighted by molar-refractivity contribution is 0.0955. The van der Waals surface area contributed by atoms with Gasteiger partial charge in [-0.15, -0.1) is 11.8 Å². The van der Waals surface area contributed by atoms with Gasteiger partial charge in [0.25, 0.3) is 11.8 Å². The molecule has 0 aliphatic carbocycles. The fourth-order valence-corrected chi connectivity index (χ4v) is 4.45. The van der Waals surface area contributed by atoms with Crippen molar-refractivity contribution in [3.05, 3.63) is 131 Å². The van der Waals surface area contributed by atoms with Gasteiger partial charge in [-0.3, -0.25) is 9.59 Å². The van der Waals surface area contributed by atoms with E-state index in [1.54, 1.807) is 30.0 Å². The summed E-state index contributed by atoms with van der Waals surface area (Å²) in [6.07, 6.45) is 0.746. The zero-order chi connectivity index (χ0) is 24.5. The Bertz CT molecular complexity index is 1270. The highest BCUT2D eigenvalue weighted by Gasteiger charge is 2.14. The Hall–Kier alpha value is -3.83. The molecule has 4 aromatic rings. The Labute approximate surface area is 210 Å². The van der Waals surface area contributed by atoms with Crippen LogP contribution in [0.25, 0.3) is 0 Å². The first kappa shape index (κ1) is 24.3. The number of benzene rings is 4. The summed E-state index contributed by atoms with van der Waals surface area (Å²) in [7, 11) is 0. The third-order valence-corrected chi connectivity index (χ3v) is 6.69. The second-order valence-electron chi connectivity index (χ2n) is 8.29. The number of carbonyl (C=O) groups excluding carboxylic acids is 2. The quantitative estimate of drug-likeness (QED) is 0.268. The van der Waals surface area contributed by atoms with E-state index in [0.717, 1.165) is 23.3 Å². The van der Waals surface area contributed by atoms with Crippen molar-refractivity contribution in [2.45, 2.75) is 24.0 Å². The van der Waals surface area contributed by atoms with Gasteiger partial charge < -0.3 is 10.6 Å². The van der Waals surface area contributed by atoms with Crippen molar-refractivity contribution in [1.29, 1.82) is 0 Å². The van der Waals surface area contributed by atoms with E-state index in [2.05, 4.69) is 41.8 Å². The van der Waals surface area contributed by atoms with Gasteiger partial charge >= 0.3 is 0 Å². The van der Waals surface area contributed by atoms with Gasteiger partial charge in [0.05, 0.1) is 11.3 Å². The molecule has 2 N–H and O–H groups in total. The smallest absolute Gasteiger partial charge is 0.255 e. The molecule has 0 aliphatic heterocycles. The zero-order valence-corrected chi connectivity index (χ0v) is 20.5. The minimum absolute atomic E-state index is 0.208. The average Bonchev–Trinajstić information content (AvgIpc) is 2.89. The van der Waals surface area contributed by atoms with Gasteiger partial charge in [-0.2, -0.15) is 0 Å². The van der Waals surface area contributed by atoms with Gasteiger partial charge in [0, 0.05) is 22.8 Å². The van der Waals surface area contributed by atoms with Crippen LogP contribution in [0.1, 0.15) is 37.4 Å². The lowest BCUT2D eigenvalue weighted by Gasteiger charge is -2.12. The number of thioether (sulfide) groups is 1. The van der Waals surface area contributed by atoms with Crippen LogP contribution in [0.2, 0.25) is 0 Å². The van der Waals surface area contributed by atoms with Gasteiger partial charge in [-0.25, -0.2) is 0 Å². The Morgan fingerprint density at radius 3 is 2.14 bits per heavy atom. The molecule has 0 aromatic heterocycles. The summed E-state index contributed by atoms with van der Waals surface area (Å²) >= 11 is 1.76. The largest absolute Gasteiger partial charge is 0.352 e. The molecule has 0 fully saturated rings. The number of hydrogen-bond acceptors (Lipinski definition) is 3. The molecule has 4 nitrogen and oxygen atoms in total. The summed E-state index contributed by atoms with van der Waals surface area (Å²) in [6.45, 7) is 2.60. The monoisotopic (exact) mass is 480 g/mol. The van der Waals surface area contributed by atoms with Gasteiger partial charge in [0.15, 0.2) is 0 Å². The summed E-state index contributed by atoms with van der Waals surface area (Å²) in [5.41, 5.74) is 5.04. The number of aryl methyl sites for hydroxylation is 1. The minimum Gasteiger partial charge on any atom is -0.352 e. The molecule has 0 bridgehead atoms. The van der Waals surface area contributed by atoms with E-state index >= 15 is 0 Å². The Balaban J connectivity index is 1.33. The standard InChI is InChI=1S/C30H28N2O2S/c1-22-11-17-26(18-12-22)35-21-24-13-15-25(16-14-24)29(33)32-28-10-6-5-9-27(28)30(34)31-20-19-23-7-3-2-4-8-23/h2-18H,19-21H2,1H3,(H,31,34)(H,32,33). The third kappa shape index (κ3) is 7.08. The molecule has 0 saturated heterocycles. The van der Waals surface area contributed by atoms with E-state index < -0.39 is 0 Å². The highest BCUT2D eigenvalue weighted by Crippen LogP contribution is 2.23. The van der Waals surface area contributed by atoms with Crippen LogP contribution in [-0.2, 0) is 12.2 Å².